The van der Waals surface area contributed by atoms with E-state index in [1.165, 1.54) is 56.9 Å². The zero-order chi connectivity index (χ0) is 20.2. The Labute approximate surface area is 177 Å². The summed E-state index contributed by atoms with van der Waals surface area (Å²) in [6.07, 6.45) is 10.2. The van der Waals surface area contributed by atoms with Gasteiger partial charge in [-0.2, -0.15) is 0 Å². The minimum atomic E-state index is 0.517. The lowest BCUT2D eigenvalue weighted by atomic mass is 10.0. The summed E-state index contributed by atoms with van der Waals surface area (Å²) in [7, 11) is 3.92. The van der Waals surface area contributed by atoms with E-state index in [-0.39, 0.29) is 0 Å². The van der Waals surface area contributed by atoms with Gasteiger partial charge in [0.25, 0.3) is 0 Å². The molecule has 2 rings (SSSR count). The van der Waals surface area contributed by atoms with Crippen molar-refractivity contribution in [1.29, 1.82) is 0 Å². The van der Waals surface area contributed by atoms with Gasteiger partial charge in [-0.3, -0.25) is 0 Å². The molecule has 28 heavy (non-hydrogen) atoms. The van der Waals surface area contributed by atoms with Gasteiger partial charge in [-0.1, -0.05) is 51.2 Å². The van der Waals surface area contributed by atoms with Crippen LogP contribution in [-0.4, -0.2) is 54.7 Å². The molecule has 158 valence electrons. The maximum Gasteiger partial charge on any atom is 0.169 e. The summed E-state index contributed by atoms with van der Waals surface area (Å²) >= 11 is 5.83. The number of thiocarbonyl (C=S) groups is 1. The molecule has 1 aliphatic heterocycles. The lowest BCUT2D eigenvalue weighted by Crippen LogP contribution is -2.49. The smallest absolute Gasteiger partial charge is 0.169 e. The molecule has 1 fully saturated rings. The van der Waals surface area contributed by atoms with Gasteiger partial charge in [0.05, 0.1) is 7.11 Å². The number of ether oxygens (including phenoxy) is 1. The zero-order valence-corrected chi connectivity index (χ0v) is 18.9. The molecule has 4 nitrogen and oxygen atoms in total. The van der Waals surface area contributed by atoms with Crippen LogP contribution in [0.3, 0.4) is 0 Å². The van der Waals surface area contributed by atoms with Crippen LogP contribution in [-0.2, 0) is 6.54 Å². The van der Waals surface area contributed by atoms with E-state index in [2.05, 4.69) is 41.2 Å². The number of methoxy groups -OCH3 is 1. The monoisotopic (exact) mass is 405 g/mol. The molecule has 1 heterocycles. The number of rotatable bonds is 11. The summed E-state index contributed by atoms with van der Waals surface area (Å²) < 4.78 is 5.29. The van der Waals surface area contributed by atoms with Crippen LogP contribution in [0, 0.1) is 0 Å². The fourth-order valence-electron chi connectivity index (χ4n) is 3.80. The molecule has 1 N–H and O–H groups in total. The summed E-state index contributed by atoms with van der Waals surface area (Å²) in [5.41, 5.74) is 1.28. The van der Waals surface area contributed by atoms with Crippen molar-refractivity contribution in [3.8, 4) is 5.75 Å². The molecule has 1 aromatic carbocycles. The van der Waals surface area contributed by atoms with Crippen LogP contribution < -0.4 is 10.1 Å². The minimum absolute atomic E-state index is 0.517. The second-order valence-corrected chi connectivity index (χ2v) is 8.40. The number of unbranched alkanes of at least 4 members (excludes halogenated alkanes) is 5. The molecule has 0 aromatic heterocycles. The van der Waals surface area contributed by atoms with Crippen LogP contribution in [0.25, 0.3) is 0 Å². The molecule has 0 unspecified atom stereocenters. The van der Waals surface area contributed by atoms with E-state index >= 15 is 0 Å². The first kappa shape index (κ1) is 23.0. The number of hydrogen-bond donors (Lipinski definition) is 1. The summed E-state index contributed by atoms with van der Waals surface area (Å²) in [6.45, 7) is 6.39. The van der Waals surface area contributed by atoms with Crippen LogP contribution in [0.2, 0.25) is 0 Å². The Kier molecular flexibility index (Phi) is 10.7. The molecule has 0 bridgehead atoms. The van der Waals surface area contributed by atoms with Gasteiger partial charge in [0.2, 0.25) is 0 Å². The normalized spacial score (nSPS) is 15.4. The van der Waals surface area contributed by atoms with Crippen LogP contribution >= 0.6 is 12.2 Å². The van der Waals surface area contributed by atoms with Gasteiger partial charge in [0.1, 0.15) is 5.75 Å². The third-order valence-corrected chi connectivity index (χ3v) is 6.09. The van der Waals surface area contributed by atoms with Crippen molar-refractivity contribution < 1.29 is 4.74 Å². The molecular formula is C23H39N3OS. The molecular weight excluding hydrogens is 366 g/mol. The molecule has 0 amide bonds. The number of hydrogen-bond acceptors (Lipinski definition) is 3. The Morgan fingerprint density at radius 2 is 1.75 bits per heavy atom. The van der Waals surface area contributed by atoms with Crippen molar-refractivity contribution in [2.75, 3.05) is 33.8 Å². The number of nitrogens with zero attached hydrogens (tertiary/aromatic N) is 2. The highest BCUT2D eigenvalue weighted by atomic mass is 32.1. The molecule has 1 saturated heterocycles. The average Bonchev–Trinajstić information content (AvgIpc) is 2.72. The van der Waals surface area contributed by atoms with Crippen molar-refractivity contribution in [2.24, 2.45) is 0 Å². The van der Waals surface area contributed by atoms with Gasteiger partial charge in [0.15, 0.2) is 5.11 Å². The molecule has 0 aliphatic carbocycles. The maximum atomic E-state index is 5.83. The first-order valence-corrected chi connectivity index (χ1v) is 11.4. The first-order chi connectivity index (χ1) is 13.6. The minimum Gasteiger partial charge on any atom is -0.497 e. The second kappa shape index (κ2) is 13.0. The van der Waals surface area contributed by atoms with Crippen molar-refractivity contribution in [2.45, 2.75) is 70.9 Å². The van der Waals surface area contributed by atoms with Crippen LogP contribution in [0.4, 0.5) is 0 Å². The van der Waals surface area contributed by atoms with Crippen molar-refractivity contribution >= 4 is 17.3 Å². The standard InChI is InChI=1S/C23H39N3OS/c1-4-5-6-7-8-9-16-24-23(28)26(21-14-17-25(2)18-15-21)19-20-10-12-22(27-3)13-11-20/h10-13,21H,4-9,14-19H2,1-3H3,(H,24,28). The van der Waals surface area contributed by atoms with Gasteiger partial charge < -0.3 is 19.9 Å². The number of nitrogens with one attached hydrogen (secondary N) is 1. The van der Waals surface area contributed by atoms with Gasteiger partial charge in [-0.15, -0.1) is 0 Å². The van der Waals surface area contributed by atoms with Crippen molar-refractivity contribution in [3.63, 3.8) is 0 Å². The Morgan fingerprint density at radius 1 is 1.11 bits per heavy atom. The number of piperidine rings is 1. The van der Waals surface area contributed by atoms with Gasteiger partial charge in [-0.25, -0.2) is 0 Å². The van der Waals surface area contributed by atoms with E-state index in [1.54, 1.807) is 7.11 Å². The Morgan fingerprint density at radius 3 is 2.39 bits per heavy atom. The Hall–Kier alpha value is -1.33. The van der Waals surface area contributed by atoms with E-state index in [4.69, 9.17) is 17.0 Å². The molecule has 5 heteroatoms. The second-order valence-electron chi connectivity index (χ2n) is 8.01. The Bertz CT molecular complexity index is 555. The predicted octanol–water partition coefficient (Wildman–Crippen LogP) is 4.83. The highest BCUT2D eigenvalue weighted by Gasteiger charge is 2.25. The quantitative estimate of drug-likeness (QED) is 0.421. The van der Waals surface area contributed by atoms with Crippen molar-refractivity contribution in [1.82, 2.24) is 15.1 Å². The van der Waals surface area contributed by atoms with Crippen LogP contribution in [0.5, 0.6) is 5.75 Å². The molecule has 0 saturated carbocycles. The fraction of sp³-hybridized carbons (Fsp3) is 0.696. The van der Waals surface area contributed by atoms with Gasteiger partial charge in [0, 0.05) is 19.1 Å². The lowest BCUT2D eigenvalue weighted by Gasteiger charge is -2.39. The number of likely N-dealkylation sites (tertiary alicyclic amines) is 1. The molecule has 0 spiro atoms. The topological polar surface area (TPSA) is 27.7 Å². The van der Waals surface area contributed by atoms with E-state index in [9.17, 15) is 0 Å². The van der Waals surface area contributed by atoms with Gasteiger partial charge >= 0.3 is 0 Å². The van der Waals surface area contributed by atoms with Gasteiger partial charge in [-0.05, 0) is 69.3 Å². The van der Waals surface area contributed by atoms with Crippen molar-refractivity contribution in [3.05, 3.63) is 29.8 Å². The Balaban J connectivity index is 1.88. The third-order valence-electron chi connectivity index (χ3n) is 5.71. The van der Waals surface area contributed by atoms with Crippen LogP contribution in [0.15, 0.2) is 24.3 Å². The summed E-state index contributed by atoms with van der Waals surface area (Å²) in [6, 6.07) is 8.89. The zero-order valence-electron chi connectivity index (χ0n) is 18.1. The van der Waals surface area contributed by atoms with E-state index < -0.39 is 0 Å². The third kappa shape index (κ3) is 7.96. The highest BCUT2D eigenvalue weighted by Crippen LogP contribution is 2.20. The fourth-order valence-corrected chi connectivity index (χ4v) is 4.12. The molecule has 0 radical (unpaired) electrons. The molecule has 0 atom stereocenters. The van der Waals surface area contributed by atoms with Crippen LogP contribution in [0.1, 0.15) is 63.9 Å². The van der Waals surface area contributed by atoms with E-state index in [0.29, 0.717) is 6.04 Å². The lowest BCUT2D eigenvalue weighted by molar-refractivity contribution is 0.171. The molecule has 1 aliphatic rings. The predicted molar refractivity (Wildman–Crippen MR) is 123 cm³/mol. The summed E-state index contributed by atoms with van der Waals surface area (Å²) in [5.74, 6) is 0.901. The first-order valence-electron chi connectivity index (χ1n) is 11.0. The van der Waals surface area contributed by atoms with E-state index in [0.717, 1.165) is 37.0 Å². The largest absolute Gasteiger partial charge is 0.497 e. The summed E-state index contributed by atoms with van der Waals surface area (Å²) in [4.78, 5) is 4.83. The maximum absolute atomic E-state index is 5.83. The summed E-state index contributed by atoms with van der Waals surface area (Å²) in [5, 5.41) is 4.46. The highest BCUT2D eigenvalue weighted by molar-refractivity contribution is 7.80. The van der Waals surface area contributed by atoms with E-state index in [1.807, 2.05) is 12.1 Å². The molecule has 1 aromatic rings. The average molecular weight is 406 g/mol. The SMILES string of the molecule is CCCCCCCCNC(=S)N(Cc1ccc(OC)cc1)C1CCN(C)CC1. The number of benzene rings is 1.